The first-order valence-corrected chi connectivity index (χ1v) is 4.08. The summed E-state index contributed by atoms with van der Waals surface area (Å²) >= 11 is 10.2. The van der Waals surface area contributed by atoms with Crippen LogP contribution in [0.1, 0.15) is 25.7 Å². The van der Waals surface area contributed by atoms with E-state index in [1.807, 2.05) is 0 Å². The lowest BCUT2D eigenvalue weighted by Crippen LogP contribution is -2.19. The lowest BCUT2D eigenvalue weighted by molar-refractivity contribution is 0.524. The van der Waals surface area contributed by atoms with E-state index in [4.69, 9.17) is 11.6 Å². The SMILES string of the molecule is SC1CCCCC1Cl. The molecule has 0 aliphatic heterocycles. The monoisotopic (exact) mass is 150 g/mol. The third-order valence-electron chi connectivity index (χ3n) is 1.65. The van der Waals surface area contributed by atoms with Crippen LogP contribution in [0.2, 0.25) is 0 Å². The molecule has 0 aromatic rings. The van der Waals surface area contributed by atoms with Crippen molar-refractivity contribution in [1.82, 2.24) is 0 Å². The van der Waals surface area contributed by atoms with Gasteiger partial charge in [0.1, 0.15) is 0 Å². The van der Waals surface area contributed by atoms with E-state index in [9.17, 15) is 0 Å². The van der Waals surface area contributed by atoms with Crippen LogP contribution >= 0.6 is 24.2 Å². The Hall–Kier alpha value is 0.640. The molecule has 1 fully saturated rings. The molecule has 1 saturated carbocycles. The summed E-state index contributed by atoms with van der Waals surface area (Å²) in [5.41, 5.74) is 0. The molecule has 0 nitrogen and oxygen atoms in total. The fraction of sp³-hybridized carbons (Fsp3) is 1.00. The zero-order valence-corrected chi connectivity index (χ0v) is 6.46. The Balaban J connectivity index is 2.28. The molecule has 0 aromatic heterocycles. The molecule has 0 N–H and O–H groups in total. The number of rotatable bonds is 0. The quantitative estimate of drug-likeness (QED) is 0.398. The van der Waals surface area contributed by atoms with Crippen LogP contribution in [0.25, 0.3) is 0 Å². The number of alkyl halides is 1. The molecule has 0 radical (unpaired) electrons. The molecule has 2 unspecified atom stereocenters. The van der Waals surface area contributed by atoms with Crippen LogP contribution in [0.3, 0.4) is 0 Å². The average molecular weight is 151 g/mol. The van der Waals surface area contributed by atoms with Crippen LogP contribution in [0.5, 0.6) is 0 Å². The van der Waals surface area contributed by atoms with E-state index in [-0.39, 0.29) is 0 Å². The third-order valence-corrected chi connectivity index (χ3v) is 2.96. The fourth-order valence-corrected chi connectivity index (χ4v) is 1.68. The van der Waals surface area contributed by atoms with Gasteiger partial charge in [0.15, 0.2) is 0 Å². The lowest BCUT2D eigenvalue weighted by Gasteiger charge is -2.21. The maximum absolute atomic E-state index is 5.89. The molecule has 0 aromatic carbocycles. The summed E-state index contributed by atoms with van der Waals surface area (Å²) in [5.74, 6) is 0. The van der Waals surface area contributed by atoms with Gasteiger partial charge in [0.2, 0.25) is 0 Å². The Morgan fingerprint density at radius 3 is 2.25 bits per heavy atom. The molecule has 0 heterocycles. The largest absolute Gasteiger partial charge is 0.174 e. The van der Waals surface area contributed by atoms with Gasteiger partial charge in [-0.2, -0.15) is 12.6 Å². The normalized spacial score (nSPS) is 39.8. The summed E-state index contributed by atoms with van der Waals surface area (Å²) in [5, 5.41) is 0.803. The molecular formula is C6H11ClS. The Labute approximate surface area is 61.0 Å². The summed E-state index contributed by atoms with van der Waals surface area (Å²) < 4.78 is 0. The molecule has 48 valence electrons. The maximum atomic E-state index is 5.89. The maximum Gasteiger partial charge on any atom is 0.0452 e. The number of hydrogen-bond donors (Lipinski definition) is 1. The van der Waals surface area contributed by atoms with Gasteiger partial charge in [-0.3, -0.25) is 0 Å². The fourth-order valence-electron chi connectivity index (χ4n) is 1.07. The number of halogens is 1. The molecule has 0 bridgehead atoms. The molecule has 8 heavy (non-hydrogen) atoms. The van der Waals surface area contributed by atoms with E-state index in [0.717, 1.165) is 6.42 Å². The predicted octanol–water partition coefficient (Wildman–Crippen LogP) is 2.47. The summed E-state index contributed by atoms with van der Waals surface area (Å²) in [4.78, 5) is 0. The Bertz CT molecular complexity index is 64.9. The van der Waals surface area contributed by atoms with Gasteiger partial charge in [0.05, 0.1) is 0 Å². The number of hydrogen-bond acceptors (Lipinski definition) is 1. The first kappa shape index (κ1) is 6.76. The second-order valence-electron chi connectivity index (χ2n) is 2.37. The van der Waals surface area contributed by atoms with Crippen LogP contribution in [0, 0.1) is 0 Å². The average Bonchev–Trinajstić information content (AvgIpc) is 1.77. The van der Waals surface area contributed by atoms with E-state index >= 15 is 0 Å². The van der Waals surface area contributed by atoms with E-state index in [1.165, 1.54) is 19.3 Å². The van der Waals surface area contributed by atoms with Gasteiger partial charge in [0, 0.05) is 10.6 Å². The minimum atomic E-state index is 0.340. The zero-order valence-electron chi connectivity index (χ0n) is 4.81. The second-order valence-corrected chi connectivity index (χ2v) is 3.59. The molecule has 0 amide bonds. The molecular weight excluding hydrogens is 140 g/mol. The molecule has 1 rings (SSSR count). The minimum Gasteiger partial charge on any atom is -0.174 e. The van der Waals surface area contributed by atoms with Crippen molar-refractivity contribution < 1.29 is 0 Å². The highest BCUT2D eigenvalue weighted by molar-refractivity contribution is 7.81. The Morgan fingerprint density at radius 1 is 1.25 bits per heavy atom. The van der Waals surface area contributed by atoms with Crippen molar-refractivity contribution in [3.63, 3.8) is 0 Å². The molecule has 0 spiro atoms. The summed E-state index contributed by atoms with van der Waals surface area (Å²) in [6, 6.07) is 0. The third kappa shape index (κ3) is 1.56. The van der Waals surface area contributed by atoms with Gasteiger partial charge in [0.25, 0.3) is 0 Å². The highest BCUT2D eigenvalue weighted by Crippen LogP contribution is 2.26. The second kappa shape index (κ2) is 2.98. The van der Waals surface area contributed by atoms with Gasteiger partial charge in [-0.1, -0.05) is 12.8 Å². The van der Waals surface area contributed by atoms with Crippen LogP contribution < -0.4 is 0 Å². The highest BCUT2D eigenvalue weighted by atomic mass is 35.5. The first-order chi connectivity index (χ1) is 3.80. The summed E-state index contributed by atoms with van der Waals surface area (Å²) in [6.07, 6.45) is 4.98. The van der Waals surface area contributed by atoms with Crippen molar-refractivity contribution in [2.24, 2.45) is 0 Å². The van der Waals surface area contributed by atoms with E-state index in [0.29, 0.717) is 10.6 Å². The highest BCUT2D eigenvalue weighted by Gasteiger charge is 2.18. The topological polar surface area (TPSA) is 0 Å². The van der Waals surface area contributed by atoms with Crippen molar-refractivity contribution in [2.45, 2.75) is 36.3 Å². The Kier molecular flexibility index (Phi) is 2.51. The zero-order chi connectivity index (χ0) is 5.98. The van der Waals surface area contributed by atoms with Crippen molar-refractivity contribution >= 4 is 24.2 Å². The minimum absolute atomic E-state index is 0.340. The molecule has 0 saturated heterocycles. The predicted molar refractivity (Wildman–Crippen MR) is 40.9 cm³/mol. The molecule has 2 heteroatoms. The van der Waals surface area contributed by atoms with Crippen molar-refractivity contribution in [2.75, 3.05) is 0 Å². The molecule has 1 aliphatic rings. The van der Waals surface area contributed by atoms with Gasteiger partial charge in [-0.05, 0) is 12.8 Å². The lowest BCUT2D eigenvalue weighted by atomic mass is 10.00. The summed E-state index contributed by atoms with van der Waals surface area (Å²) in [6.45, 7) is 0. The van der Waals surface area contributed by atoms with Crippen LogP contribution in [0.4, 0.5) is 0 Å². The van der Waals surface area contributed by atoms with Gasteiger partial charge in [-0.15, -0.1) is 11.6 Å². The van der Waals surface area contributed by atoms with E-state index < -0.39 is 0 Å². The smallest absolute Gasteiger partial charge is 0.0452 e. The van der Waals surface area contributed by atoms with Gasteiger partial charge >= 0.3 is 0 Å². The molecule has 1 aliphatic carbocycles. The van der Waals surface area contributed by atoms with E-state index in [2.05, 4.69) is 12.6 Å². The molecule has 2 atom stereocenters. The number of thiol groups is 1. The van der Waals surface area contributed by atoms with Gasteiger partial charge in [-0.25, -0.2) is 0 Å². The summed E-state index contributed by atoms with van der Waals surface area (Å²) in [7, 11) is 0. The van der Waals surface area contributed by atoms with Crippen LogP contribution in [0.15, 0.2) is 0 Å². The standard InChI is InChI=1S/C6H11ClS/c7-5-3-1-2-4-6(5)8/h5-6,8H,1-4H2. The van der Waals surface area contributed by atoms with Crippen molar-refractivity contribution in [3.8, 4) is 0 Å². The van der Waals surface area contributed by atoms with E-state index in [1.54, 1.807) is 0 Å². The van der Waals surface area contributed by atoms with Gasteiger partial charge < -0.3 is 0 Å². The van der Waals surface area contributed by atoms with Crippen LogP contribution in [-0.2, 0) is 0 Å². The first-order valence-electron chi connectivity index (χ1n) is 3.13. The van der Waals surface area contributed by atoms with Crippen molar-refractivity contribution in [3.05, 3.63) is 0 Å². The van der Waals surface area contributed by atoms with Crippen molar-refractivity contribution in [1.29, 1.82) is 0 Å². The Morgan fingerprint density at radius 2 is 1.88 bits per heavy atom. The van der Waals surface area contributed by atoms with Crippen LogP contribution in [-0.4, -0.2) is 10.6 Å².